The van der Waals surface area contributed by atoms with E-state index < -0.39 is 0 Å². The van der Waals surface area contributed by atoms with Crippen LogP contribution in [0.4, 0.5) is 0 Å². The highest BCUT2D eigenvalue weighted by atomic mass is 127. The summed E-state index contributed by atoms with van der Waals surface area (Å²) < 4.78 is 5.60. The van der Waals surface area contributed by atoms with Crippen LogP contribution in [0.2, 0.25) is 0 Å². The molecular formula is C16H17IO2. The third kappa shape index (κ3) is 7.68. The van der Waals surface area contributed by atoms with E-state index in [-0.39, 0.29) is 5.97 Å². The Bertz CT molecular complexity index is 480. The Kier molecular flexibility index (Phi) is 7.99. The molecule has 3 heteroatoms. The Morgan fingerprint density at radius 1 is 1.32 bits per heavy atom. The van der Waals surface area contributed by atoms with E-state index in [9.17, 15) is 4.79 Å². The fourth-order valence-electron chi connectivity index (χ4n) is 1.45. The molecule has 0 saturated heterocycles. The maximum atomic E-state index is 11.0. The summed E-state index contributed by atoms with van der Waals surface area (Å²) >= 11 is 2.17. The first kappa shape index (κ1) is 15.8. The smallest absolute Gasteiger partial charge is 0.331 e. The molecule has 0 aliphatic rings. The Morgan fingerprint density at radius 3 is 2.74 bits per heavy atom. The van der Waals surface area contributed by atoms with E-state index in [0.717, 1.165) is 34.8 Å². The number of carbonyl (C=O) groups is 1. The fraction of sp³-hybridized carbons (Fsp3) is 0.312. The molecule has 0 N–H and O–H groups in total. The van der Waals surface area contributed by atoms with Gasteiger partial charge < -0.3 is 4.74 Å². The van der Waals surface area contributed by atoms with Crippen molar-refractivity contribution in [1.29, 1.82) is 0 Å². The molecule has 1 rings (SSSR count). The van der Waals surface area contributed by atoms with E-state index in [2.05, 4.69) is 39.2 Å². The van der Waals surface area contributed by atoms with Crippen molar-refractivity contribution in [2.24, 2.45) is 0 Å². The summed E-state index contributed by atoms with van der Waals surface area (Å²) in [5.74, 6) is 6.01. The maximum absolute atomic E-state index is 11.0. The minimum absolute atomic E-state index is 0.284. The summed E-state index contributed by atoms with van der Waals surface area (Å²) in [5.41, 5.74) is 1.06. The van der Waals surface area contributed by atoms with E-state index >= 15 is 0 Å². The number of allylic oxidation sites excluding steroid dienone is 1. The van der Waals surface area contributed by atoms with Crippen molar-refractivity contribution in [2.45, 2.75) is 25.7 Å². The predicted octanol–water partition coefficient (Wildman–Crippen LogP) is 4.09. The molecule has 1 aromatic carbocycles. The Morgan fingerprint density at radius 2 is 2.05 bits per heavy atom. The van der Waals surface area contributed by atoms with Crippen molar-refractivity contribution < 1.29 is 9.53 Å². The van der Waals surface area contributed by atoms with Crippen molar-refractivity contribution >= 4 is 28.6 Å². The SMILES string of the molecule is COC(=O)/C=C(\I)CCCCC#Cc1ccccc1. The monoisotopic (exact) mass is 368 g/mol. The van der Waals surface area contributed by atoms with Gasteiger partial charge >= 0.3 is 5.97 Å². The zero-order chi connectivity index (χ0) is 13.9. The van der Waals surface area contributed by atoms with Crippen LogP contribution < -0.4 is 0 Å². The van der Waals surface area contributed by atoms with Gasteiger partial charge in [0.05, 0.1) is 7.11 Å². The Hall–Kier alpha value is -1.28. The van der Waals surface area contributed by atoms with E-state index in [0.29, 0.717) is 0 Å². The molecule has 100 valence electrons. The molecule has 0 saturated carbocycles. The minimum Gasteiger partial charge on any atom is -0.466 e. The molecule has 0 amide bonds. The van der Waals surface area contributed by atoms with Crippen LogP contribution in [0.3, 0.4) is 0 Å². The molecule has 0 spiro atoms. The highest BCUT2D eigenvalue weighted by Crippen LogP contribution is 2.15. The predicted molar refractivity (Wildman–Crippen MR) is 85.9 cm³/mol. The average molecular weight is 368 g/mol. The van der Waals surface area contributed by atoms with Gasteiger partial charge in [-0.3, -0.25) is 0 Å². The van der Waals surface area contributed by atoms with Gasteiger partial charge in [-0.1, -0.05) is 30.0 Å². The summed E-state index contributed by atoms with van der Waals surface area (Å²) in [4.78, 5) is 11.0. The molecule has 19 heavy (non-hydrogen) atoms. The van der Waals surface area contributed by atoms with Crippen molar-refractivity contribution in [3.8, 4) is 11.8 Å². The van der Waals surface area contributed by atoms with Crippen molar-refractivity contribution in [3.63, 3.8) is 0 Å². The van der Waals surface area contributed by atoms with Crippen LogP contribution in [0, 0.1) is 11.8 Å². The second kappa shape index (κ2) is 9.62. The number of hydrogen-bond acceptors (Lipinski definition) is 2. The van der Waals surface area contributed by atoms with Crippen LogP contribution in [-0.2, 0) is 9.53 Å². The largest absolute Gasteiger partial charge is 0.466 e. The molecule has 0 aliphatic carbocycles. The van der Waals surface area contributed by atoms with E-state index in [4.69, 9.17) is 0 Å². The van der Waals surface area contributed by atoms with Crippen LogP contribution in [0.25, 0.3) is 0 Å². The fourth-order valence-corrected chi connectivity index (χ4v) is 2.09. The topological polar surface area (TPSA) is 26.3 Å². The third-order valence-corrected chi connectivity index (χ3v) is 3.30. The van der Waals surface area contributed by atoms with Crippen LogP contribution >= 0.6 is 22.6 Å². The number of esters is 1. The normalized spacial score (nSPS) is 10.5. The molecule has 0 aliphatic heterocycles. The van der Waals surface area contributed by atoms with Crippen LogP contribution in [-0.4, -0.2) is 13.1 Å². The van der Waals surface area contributed by atoms with Crippen LogP contribution in [0.15, 0.2) is 40.0 Å². The minimum atomic E-state index is -0.284. The van der Waals surface area contributed by atoms with Gasteiger partial charge in [-0.25, -0.2) is 4.79 Å². The standard InChI is InChI=1S/C16H17IO2/c1-19-16(18)13-15(17)12-8-3-2-5-9-14-10-6-4-7-11-14/h4,6-7,10-11,13H,2-3,8,12H2,1H3/b15-13-. The van der Waals surface area contributed by atoms with Gasteiger partial charge in [0.25, 0.3) is 0 Å². The lowest BCUT2D eigenvalue weighted by Crippen LogP contribution is -1.94. The summed E-state index contributed by atoms with van der Waals surface area (Å²) in [6.45, 7) is 0. The van der Waals surface area contributed by atoms with Crippen LogP contribution in [0.1, 0.15) is 31.2 Å². The first-order valence-corrected chi connectivity index (χ1v) is 7.28. The summed E-state index contributed by atoms with van der Waals surface area (Å²) in [6.07, 6.45) is 5.41. The first-order valence-electron chi connectivity index (χ1n) is 6.20. The number of benzene rings is 1. The first-order chi connectivity index (χ1) is 9.22. The molecule has 1 aromatic rings. The second-order valence-electron chi connectivity index (χ2n) is 3.99. The van der Waals surface area contributed by atoms with Gasteiger partial charge in [-0.2, -0.15) is 0 Å². The lowest BCUT2D eigenvalue weighted by Gasteiger charge is -1.97. The van der Waals surface area contributed by atoms with Gasteiger partial charge in [0.2, 0.25) is 0 Å². The molecule has 0 bridgehead atoms. The number of hydrogen-bond donors (Lipinski definition) is 0. The quantitative estimate of drug-likeness (QED) is 0.257. The van der Waals surface area contributed by atoms with Gasteiger partial charge in [0.15, 0.2) is 0 Å². The van der Waals surface area contributed by atoms with Crippen molar-refractivity contribution in [2.75, 3.05) is 7.11 Å². The van der Waals surface area contributed by atoms with E-state index in [1.165, 1.54) is 13.2 Å². The maximum Gasteiger partial charge on any atom is 0.331 e. The second-order valence-corrected chi connectivity index (χ2v) is 5.37. The number of ether oxygens (including phenoxy) is 1. The van der Waals surface area contributed by atoms with Crippen molar-refractivity contribution in [3.05, 3.63) is 45.6 Å². The molecule has 0 fully saturated rings. The molecule has 0 heterocycles. The molecule has 0 unspecified atom stereocenters. The van der Waals surface area contributed by atoms with E-state index in [1.54, 1.807) is 0 Å². The highest BCUT2D eigenvalue weighted by molar-refractivity contribution is 14.1. The molecule has 0 atom stereocenters. The van der Waals surface area contributed by atoms with Gasteiger partial charge in [0, 0.05) is 18.1 Å². The Labute approximate surface area is 128 Å². The van der Waals surface area contributed by atoms with Gasteiger partial charge in [-0.15, -0.1) is 0 Å². The van der Waals surface area contributed by atoms with Crippen LogP contribution in [0.5, 0.6) is 0 Å². The number of halogens is 1. The van der Waals surface area contributed by atoms with E-state index in [1.807, 2.05) is 30.3 Å². The number of methoxy groups -OCH3 is 1. The highest BCUT2D eigenvalue weighted by Gasteiger charge is 1.97. The zero-order valence-corrected chi connectivity index (χ0v) is 13.1. The third-order valence-electron chi connectivity index (χ3n) is 2.45. The van der Waals surface area contributed by atoms with Gasteiger partial charge in [-0.05, 0) is 57.6 Å². The molecular weight excluding hydrogens is 351 g/mol. The Balaban J connectivity index is 2.20. The number of unbranched alkanes of at least 4 members (excludes halogenated alkanes) is 2. The number of carbonyl (C=O) groups excluding carboxylic acids is 1. The summed E-state index contributed by atoms with van der Waals surface area (Å²) in [5, 5.41) is 0. The van der Waals surface area contributed by atoms with Crippen molar-refractivity contribution in [1.82, 2.24) is 0 Å². The zero-order valence-electron chi connectivity index (χ0n) is 11.0. The lowest BCUT2D eigenvalue weighted by atomic mass is 10.1. The summed E-state index contributed by atoms with van der Waals surface area (Å²) in [6, 6.07) is 9.98. The molecule has 0 aromatic heterocycles. The average Bonchev–Trinajstić information content (AvgIpc) is 2.43. The summed E-state index contributed by atoms with van der Waals surface area (Å²) in [7, 11) is 1.39. The molecule has 0 radical (unpaired) electrons. The lowest BCUT2D eigenvalue weighted by molar-refractivity contribution is -0.134. The molecule has 2 nitrogen and oxygen atoms in total. The number of rotatable bonds is 5. The van der Waals surface area contributed by atoms with Gasteiger partial charge in [0.1, 0.15) is 0 Å².